The largest absolute Gasteiger partial charge is 0.480 e. The highest BCUT2D eigenvalue weighted by molar-refractivity contribution is 5.87. The van der Waals surface area contributed by atoms with E-state index >= 15 is 0 Å². The molecule has 31 heavy (non-hydrogen) atoms. The van der Waals surface area contributed by atoms with E-state index in [9.17, 15) is 19.1 Å². The van der Waals surface area contributed by atoms with Crippen LogP contribution in [0, 0.1) is 5.82 Å². The number of carboxylic acids is 1. The lowest BCUT2D eigenvalue weighted by Crippen LogP contribution is -2.41. The Labute approximate surface area is 180 Å². The van der Waals surface area contributed by atoms with Crippen molar-refractivity contribution in [3.63, 3.8) is 0 Å². The molecule has 0 bridgehead atoms. The summed E-state index contributed by atoms with van der Waals surface area (Å²) in [5, 5.41) is 13.2. The molecule has 1 atom stereocenters. The molecule has 1 heterocycles. The zero-order chi connectivity index (χ0) is 22.2. The minimum Gasteiger partial charge on any atom is -0.480 e. The average Bonchev–Trinajstić information content (AvgIpc) is 3.00. The Bertz CT molecular complexity index is 1130. The van der Waals surface area contributed by atoms with E-state index in [-0.39, 0.29) is 29.7 Å². The molecule has 162 valence electrons. The molecule has 0 radical (unpaired) electrons. The highest BCUT2D eigenvalue weighted by Crippen LogP contribution is 2.33. The van der Waals surface area contributed by atoms with Crippen LogP contribution in [0.1, 0.15) is 43.5 Å². The molecule has 4 rings (SSSR count). The number of hydrogen-bond donors (Lipinski definition) is 2. The zero-order valence-corrected chi connectivity index (χ0v) is 17.8. The molecule has 1 aliphatic carbocycles. The topological polar surface area (TPSA) is 71.3 Å². The Balaban J connectivity index is 1.54. The Hall–Kier alpha value is -3.15. The Morgan fingerprint density at radius 1 is 1.19 bits per heavy atom. The second-order valence-corrected chi connectivity index (χ2v) is 9.00. The Kier molecular flexibility index (Phi) is 5.56. The van der Waals surface area contributed by atoms with E-state index < -0.39 is 5.97 Å². The third kappa shape index (κ3) is 4.33. The van der Waals surface area contributed by atoms with Gasteiger partial charge in [-0.1, -0.05) is 44.2 Å². The van der Waals surface area contributed by atoms with Crippen molar-refractivity contribution in [2.24, 2.45) is 0 Å². The van der Waals surface area contributed by atoms with Crippen LogP contribution in [-0.2, 0) is 34.4 Å². The summed E-state index contributed by atoms with van der Waals surface area (Å²) in [6.07, 6.45) is 2.31. The van der Waals surface area contributed by atoms with Gasteiger partial charge in [-0.05, 0) is 54.0 Å². The van der Waals surface area contributed by atoms with Crippen LogP contribution in [-0.4, -0.2) is 27.6 Å². The second-order valence-electron chi connectivity index (χ2n) is 9.00. The average molecular weight is 423 g/mol. The molecular formula is C25H27FN2O3. The molecule has 1 aliphatic rings. The van der Waals surface area contributed by atoms with Crippen LogP contribution in [0.3, 0.4) is 0 Å². The highest BCUT2D eigenvalue weighted by Gasteiger charge is 2.29. The van der Waals surface area contributed by atoms with Crippen molar-refractivity contribution in [1.82, 2.24) is 9.88 Å². The number of nitrogens with one attached hydrogen (secondary N) is 1. The van der Waals surface area contributed by atoms with Crippen LogP contribution in [0.25, 0.3) is 10.9 Å². The van der Waals surface area contributed by atoms with Gasteiger partial charge in [0.05, 0.1) is 0 Å². The monoisotopic (exact) mass is 422 g/mol. The third-order valence-corrected chi connectivity index (χ3v) is 6.25. The molecule has 0 saturated heterocycles. The normalized spacial score (nSPS) is 16.2. The summed E-state index contributed by atoms with van der Waals surface area (Å²) in [5.41, 5.74) is 3.42. The quantitative estimate of drug-likeness (QED) is 0.625. The summed E-state index contributed by atoms with van der Waals surface area (Å²) in [4.78, 5) is 24.2. The first kappa shape index (κ1) is 21.1. The number of benzene rings is 2. The second kappa shape index (κ2) is 8.17. The molecule has 0 fully saturated rings. The first-order valence-corrected chi connectivity index (χ1v) is 10.6. The van der Waals surface area contributed by atoms with Crippen LogP contribution >= 0.6 is 0 Å². The number of halogens is 1. The van der Waals surface area contributed by atoms with Crippen LogP contribution in [0.15, 0.2) is 48.5 Å². The van der Waals surface area contributed by atoms with Gasteiger partial charge in [-0.25, -0.2) is 4.39 Å². The summed E-state index contributed by atoms with van der Waals surface area (Å²) in [5.74, 6) is -1.29. The highest BCUT2D eigenvalue weighted by atomic mass is 19.1. The summed E-state index contributed by atoms with van der Waals surface area (Å²) in [6.45, 7) is 3.96. The molecule has 0 saturated carbocycles. The molecule has 0 aliphatic heterocycles. The molecule has 2 N–H and O–H groups in total. The predicted molar refractivity (Wildman–Crippen MR) is 118 cm³/mol. The van der Waals surface area contributed by atoms with Crippen molar-refractivity contribution >= 4 is 22.8 Å². The number of carbonyl (C=O) groups excluding carboxylic acids is 1. The lowest BCUT2D eigenvalue weighted by molar-refractivity contribution is -0.137. The maximum atomic E-state index is 13.9. The van der Waals surface area contributed by atoms with Crippen molar-refractivity contribution in [3.05, 3.63) is 71.2 Å². The number of nitrogens with zero attached hydrogens (tertiary/aromatic N) is 1. The van der Waals surface area contributed by atoms with Crippen LogP contribution < -0.4 is 5.32 Å². The summed E-state index contributed by atoms with van der Waals surface area (Å²) in [7, 11) is 0. The lowest BCUT2D eigenvalue weighted by Gasteiger charge is -2.28. The molecule has 0 spiro atoms. The number of hydrogen-bond acceptors (Lipinski definition) is 2. The molecule has 5 nitrogen and oxygen atoms in total. The predicted octanol–water partition coefficient (Wildman–Crippen LogP) is 4.21. The number of carboxylic acid groups (broad SMARTS) is 1. The van der Waals surface area contributed by atoms with Gasteiger partial charge < -0.3 is 15.0 Å². The minimum absolute atomic E-state index is 0.0113. The van der Waals surface area contributed by atoms with E-state index in [1.807, 2.05) is 30.3 Å². The SMILES string of the molecule is CC(C)(CC(=O)NC1CCc2c(c3cc(F)ccc3n2CC(=O)O)C1)c1ccccc1. The van der Waals surface area contributed by atoms with E-state index in [1.165, 1.54) is 12.1 Å². The maximum absolute atomic E-state index is 13.9. The maximum Gasteiger partial charge on any atom is 0.323 e. The van der Waals surface area contributed by atoms with Gasteiger partial charge in [0, 0.05) is 29.1 Å². The molecule has 6 heteroatoms. The van der Waals surface area contributed by atoms with Crippen molar-refractivity contribution in [2.75, 3.05) is 0 Å². The van der Waals surface area contributed by atoms with E-state index in [0.717, 1.165) is 34.1 Å². The molecule has 1 unspecified atom stereocenters. The van der Waals surface area contributed by atoms with Crippen LogP contribution in [0.4, 0.5) is 4.39 Å². The van der Waals surface area contributed by atoms with Gasteiger partial charge in [0.25, 0.3) is 0 Å². The minimum atomic E-state index is -0.928. The van der Waals surface area contributed by atoms with Crippen LogP contribution in [0.2, 0.25) is 0 Å². The van der Waals surface area contributed by atoms with Crippen molar-refractivity contribution in [2.45, 2.75) is 57.5 Å². The van der Waals surface area contributed by atoms with Gasteiger partial charge in [0.2, 0.25) is 5.91 Å². The molecular weight excluding hydrogens is 395 g/mol. The molecule has 3 aromatic rings. The fourth-order valence-electron chi connectivity index (χ4n) is 4.73. The van der Waals surface area contributed by atoms with E-state index in [2.05, 4.69) is 19.2 Å². The van der Waals surface area contributed by atoms with Crippen molar-refractivity contribution < 1.29 is 19.1 Å². The van der Waals surface area contributed by atoms with Crippen LogP contribution in [0.5, 0.6) is 0 Å². The molecule has 1 aromatic heterocycles. The smallest absolute Gasteiger partial charge is 0.323 e. The lowest BCUT2D eigenvalue weighted by atomic mass is 9.81. The number of aliphatic carboxylic acids is 1. The van der Waals surface area contributed by atoms with E-state index in [1.54, 1.807) is 10.6 Å². The summed E-state index contributed by atoms with van der Waals surface area (Å²) < 4.78 is 15.7. The Morgan fingerprint density at radius 3 is 2.65 bits per heavy atom. The number of rotatable bonds is 6. The van der Waals surface area contributed by atoms with Gasteiger partial charge in [-0.2, -0.15) is 0 Å². The molecule has 2 aromatic carbocycles. The fraction of sp³-hybridized carbons (Fsp3) is 0.360. The first-order valence-electron chi connectivity index (χ1n) is 10.6. The van der Waals surface area contributed by atoms with Gasteiger partial charge in [-0.15, -0.1) is 0 Å². The molecule has 1 amide bonds. The van der Waals surface area contributed by atoms with Crippen molar-refractivity contribution in [1.29, 1.82) is 0 Å². The van der Waals surface area contributed by atoms with E-state index in [0.29, 0.717) is 19.3 Å². The summed E-state index contributed by atoms with van der Waals surface area (Å²) >= 11 is 0. The van der Waals surface area contributed by atoms with Gasteiger partial charge in [-0.3, -0.25) is 9.59 Å². The Morgan fingerprint density at radius 2 is 1.94 bits per heavy atom. The third-order valence-electron chi connectivity index (χ3n) is 6.25. The zero-order valence-electron chi connectivity index (χ0n) is 17.8. The van der Waals surface area contributed by atoms with Gasteiger partial charge in [0.15, 0.2) is 0 Å². The van der Waals surface area contributed by atoms with Crippen molar-refractivity contribution in [3.8, 4) is 0 Å². The summed E-state index contributed by atoms with van der Waals surface area (Å²) in [6, 6.07) is 14.4. The van der Waals surface area contributed by atoms with Gasteiger partial charge >= 0.3 is 5.97 Å². The van der Waals surface area contributed by atoms with Gasteiger partial charge in [0.1, 0.15) is 12.4 Å². The van der Waals surface area contributed by atoms with E-state index in [4.69, 9.17) is 0 Å². The number of amides is 1. The number of aromatic nitrogens is 1. The first-order chi connectivity index (χ1) is 14.7. The fourth-order valence-corrected chi connectivity index (χ4v) is 4.73. The standard InChI is InChI=1S/C25H27FN2O3/c1-25(2,16-6-4-3-5-7-16)14-23(29)27-18-9-11-22-20(13-18)19-12-17(26)8-10-21(19)28(22)15-24(30)31/h3-8,10,12,18H,9,11,13-15H2,1-2H3,(H,27,29)(H,30,31). The number of fused-ring (bicyclic) bond motifs is 3. The number of carbonyl (C=O) groups is 2.